The van der Waals surface area contributed by atoms with Crippen molar-refractivity contribution in [2.75, 3.05) is 13.6 Å². The minimum atomic E-state index is -1.02. The normalized spacial score (nSPS) is 31.6. The minimum absolute atomic E-state index is 0.213. The molecule has 0 unspecified atom stereocenters. The van der Waals surface area contributed by atoms with E-state index in [4.69, 9.17) is 0 Å². The highest BCUT2D eigenvalue weighted by Crippen LogP contribution is 2.35. The number of halogens is 1. The van der Waals surface area contributed by atoms with E-state index in [1.54, 1.807) is 13.8 Å². The highest BCUT2D eigenvalue weighted by molar-refractivity contribution is 4.92. The van der Waals surface area contributed by atoms with Crippen LogP contribution >= 0.6 is 0 Å². The van der Waals surface area contributed by atoms with Crippen molar-refractivity contribution in [2.45, 2.75) is 45.8 Å². The summed E-state index contributed by atoms with van der Waals surface area (Å²) in [6, 6.07) is 0.569. The molecule has 1 fully saturated rings. The van der Waals surface area contributed by atoms with E-state index in [0.29, 0.717) is 12.0 Å². The van der Waals surface area contributed by atoms with Crippen LogP contribution in [-0.4, -0.2) is 30.2 Å². The van der Waals surface area contributed by atoms with Crippen LogP contribution in [0.5, 0.6) is 0 Å². The second-order valence-corrected chi connectivity index (χ2v) is 5.25. The molecule has 2 heteroatoms. The van der Waals surface area contributed by atoms with Crippen LogP contribution in [0.2, 0.25) is 0 Å². The Bertz CT molecular complexity index is 171. The van der Waals surface area contributed by atoms with E-state index in [1.807, 2.05) is 0 Å². The molecule has 1 aliphatic rings. The molecule has 0 aromatic carbocycles. The van der Waals surface area contributed by atoms with Gasteiger partial charge in [-0.15, -0.1) is 0 Å². The van der Waals surface area contributed by atoms with E-state index < -0.39 is 5.67 Å². The van der Waals surface area contributed by atoms with Gasteiger partial charge in [-0.05, 0) is 33.2 Å². The standard InChI is InChI=1S/C11H22FN/c1-8(2)10-6-9(7-13(10)5)11(3,4)12/h8-10H,6-7H2,1-5H3/t9-,10+/m1/s1. The SMILES string of the molecule is CC(C)[C@@H]1C[C@@H](C(C)(C)F)CN1C. The van der Waals surface area contributed by atoms with E-state index in [0.717, 1.165) is 13.0 Å². The summed E-state index contributed by atoms with van der Waals surface area (Å²) in [5.41, 5.74) is -1.02. The highest BCUT2D eigenvalue weighted by Gasteiger charge is 2.39. The lowest BCUT2D eigenvalue weighted by atomic mass is 9.88. The average molecular weight is 187 g/mol. The number of nitrogens with zero attached hydrogens (tertiary/aromatic N) is 1. The zero-order valence-electron chi connectivity index (χ0n) is 9.47. The van der Waals surface area contributed by atoms with E-state index >= 15 is 0 Å². The van der Waals surface area contributed by atoms with Crippen LogP contribution < -0.4 is 0 Å². The molecule has 0 radical (unpaired) electrons. The van der Waals surface area contributed by atoms with Crippen molar-refractivity contribution in [1.29, 1.82) is 0 Å². The molecule has 1 nitrogen and oxygen atoms in total. The first-order valence-electron chi connectivity index (χ1n) is 5.21. The maximum absolute atomic E-state index is 13.7. The Hall–Kier alpha value is -0.110. The van der Waals surface area contributed by atoms with Gasteiger partial charge in [-0.3, -0.25) is 0 Å². The molecule has 1 heterocycles. The highest BCUT2D eigenvalue weighted by atomic mass is 19.1. The van der Waals surface area contributed by atoms with Crippen molar-refractivity contribution in [3.8, 4) is 0 Å². The Morgan fingerprint density at radius 1 is 1.38 bits per heavy atom. The minimum Gasteiger partial charge on any atom is -0.303 e. The largest absolute Gasteiger partial charge is 0.303 e. The molecule has 0 aromatic rings. The molecule has 1 aliphatic heterocycles. The third kappa shape index (κ3) is 2.43. The lowest BCUT2D eigenvalue weighted by Crippen LogP contribution is -2.30. The molecule has 2 atom stereocenters. The second kappa shape index (κ2) is 3.56. The first-order chi connectivity index (χ1) is 5.82. The Morgan fingerprint density at radius 2 is 1.92 bits per heavy atom. The first-order valence-corrected chi connectivity index (χ1v) is 5.21. The smallest absolute Gasteiger partial charge is 0.109 e. The van der Waals surface area contributed by atoms with Gasteiger partial charge in [0.2, 0.25) is 0 Å². The van der Waals surface area contributed by atoms with Gasteiger partial charge in [0.05, 0.1) is 0 Å². The van der Waals surface area contributed by atoms with Gasteiger partial charge >= 0.3 is 0 Å². The summed E-state index contributed by atoms with van der Waals surface area (Å²) in [6.07, 6.45) is 1.01. The lowest BCUT2D eigenvalue weighted by molar-refractivity contribution is 0.129. The summed E-state index contributed by atoms with van der Waals surface area (Å²) in [7, 11) is 2.11. The summed E-state index contributed by atoms with van der Waals surface area (Å²) in [5, 5.41) is 0. The van der Waals surface area contributed by atoms with Gasteiger partial charge in [0.25, 0.3) is 0 Å². The lowest BCUT2D eigenvalue weighted by Gasteiger charge is -2.22. The van der Waals surface area contributed by atoms with Gasteiger partial charge < -0.3 is 4.90 Å². The van der Waals surface area contributed by atoms with Crippen LogP contribution in [0.25, 0.3) is 0 Å². The first kappa shape index (κ1) is 11.0. The summed E-state index contributed by atoms with van der Waals surface area (Å²) in [4.78, 5) is 2.30. The van der Waals surface area contributed by atoms with Gasteiger partial charge in [-0.2, -0.15) is 0 Å². The molecule has 0 amide bonds. The van der Waals surface area contributed by atoms with Gasteiger partial charge in [-0.25, -0.2) is 4.39 Å². The van der Waals surface area contributed by atoms with Gasteiger partial charge in [-0.1, -0.05) is 13.8 Å². The molecule has 0 saturated carbocycles. The van der Waals surface area contributed by atoms with Crippen LogP contribution in [-0.2, 0) is 0 Å². The number of hydrogen-bond acceptors (Lipinski definition) is 1. The molecular weight excluding hydrogens is 165 g/mol. The molecule has 13 heavy (non-hydrogen) atoms. The molecule has 0 bridgehead atoms. The number of alkyl halides is 1. The third-order valence-corrected chi connectivity index (χ3v) is 3.34. The van der Waals surface area contributed by atoms with Crippen molar-refractivity contribution >= 4 is 0 Å². The van der Waals surface area contributed by atoms with Crippen LogP contribution in [0.4, 0.5) is 4.39 Å². The fraction of sp³-hybridized carbons (Fsp3) is 1.00. The van der Waals surface area contributed by atoms with Gasteiger partial charge in [0, 0.05) is 18.5 Å². The summed E-state index contributed by atoms with van der Waals surface area (Å²) in [6.45, 7) is 8.75. The maximum Gasteiger partial charge on any atom is 0.109 e. The molecule has 0 N–H and O–H groups in total. The van der Waals surface area contributed by atoms with E-state index in [1.165, 1.54) is 0 Å². The quantitative estimate of drug-likeness (QED) is 0.642. The van der Waals surface area contributed by atoms with Crippen molar-refractivity contribution in [3.05, 3.63) is 0 Å². The fourth-order valence-corrected chi connectivity index (χ4v) is 2.31. The molecule has 78 valence electrons. The number of likely N-dealkylation sites (tertiary alicyclic amines) is 1. The number of hydrogen-bond donors (Lipinski definition) is 0. The second-order valence-electron chi connectivity index (χ2n) is 5.25. The molecule has 1 rings (SSSR count). The van der Waals surface area contributed by atoms with Crippen molar-refractivity contribution in [2.24, 2.45) is 11.8 Å². The Morgan fingerprint density at radius 3 is 2.15 bits per heavy atom. The molecule has 1 saturated heterocycles. The van der Waals surface area contributed by atoms with Gasteiger partial charge in [0.1, 0.15) is 5.67 Å². The van der Waals surface area contributed by atoms with Crippen LogP contribution in [0, 0.1) is 11.8 Å². The van der Waals surface area contributed by atoms with E-state index in [-0.39, 0.29) is 5.92 Å². The maximum atomic E-state index is 13.7. The predicted molar refractivity (Wildman–Crippen MR) is 54.6 cm³/mol. The topological polar surface area (TPSA) is 3.24 Å². The Labute approximate surface area is 81.3 Å². The number of rotatable bonds is 2. The Kier molecular flexibility index (Phi) is 3.01. The van der Waals surface area contributed by atoms with Crippen LogP contribution in [0.3, 0.4) is 0 Å². The van der Waals surface area contributed by atoms with Gasteiger partial charge in [0.15, 0.2) is 0 Å². The Balaban J connectivity index is 2.60. The van der Waals surface area contributed by atoms with Crippen molar-refractivity contribution in [3.63, 3.8) is 0 Å². The molecule has 0 spiro atoms. The molecular formula is C11H22FN. The van der Waals surface area contributed by atoms with E-state index in [9.17, 15) is 4.39 Å². The van der Waals surface area contributed by atoms with Crippen LogP contribution in [0.15, 0.2) is 0 Å². The van der Waals surface area contributed by atoms with Crippen molar-refractivity contribution in [1.82, 2.24) is 4.90 Å². The summed E-state index contributed by atoms with van der Waals surface area (Å²) in [5.74, 6) is 0.849. The van der Waals surface area contributed by atoms with E-state index in [2.05, 4.69) is 25.8 Å². The van der Waals surface area contributed by atoms with Crippen LogP contribution in [0.1, 0.15) is 34.1 Å². The fourth-order valence-electron chi connectivity index (χ4n) is 2.31. The molecule has 0 aliphatic carbocycles. The molecule has 0 aromatic heterocycles. The monoisotopic (exact) mass is 187 g/mol. The average Bonchev–Trinajstić information content (AvgIpc) is 2.29. The third-order valence-electron chi connectivity index (χ3n) is 3.34. The summed E-state index contributed by atoms with van der Waals surface area (Å²) < 4.78 is 13.7. The summed E-state index contributed by atoms with van der Waals surface area (Å²) >= 11 is 0. The zero-order chi connectivity index (χ0) is 10.2. The van der Waals surface area contributed by atoms with Crippen molar-refractivity contribution < 1.29 is 4.39 Å². The predicted octanol–water partition coefficient (Wildman–Crippen LogP) is 2.71. The zero-order valence-corrected chi connectivity index (χ0v) is 9.47.